The molecule has 168 valence electrons. The molecule has 0 spiro atoms. The van der Waals surface area contributed by atoms with Crippen LogP contribution in [0.25, 0.3) is 0 Å². The fourth-order valence-electron chi connectivity index (χ4n) is 5.23. The number of aryl methyl sites for hydroxylation is 1. The first-order valence-corrected chi connectivity index (χ1v) is 11.7. The molecule has 0 unspecified atom stereocenters. The van der Waals surface area contributed by atoms with E-state index in [-0.39, 0.29) is 23.9 Å². The van der Waals surface area contributed by atoms with Crippen LogP contribution in [0.1, 0.15) is 52.0 Å². The van der Waals surface area contributed by atoms with E-state index in [1.165, 1.54) is 11.1 Å². The van der Waals surface area contributed by atoms with E-state index in [4.69, 9.17) is 0 Å². The summed E-state index contributed by atoms with van der Waals surface area (Å²) in [5, 5.41) is 6.63. The van der Waals surface area contributed by atoms with Crippen molar-refractivity contribution in [1.82, 2.24) is 10.2 Å². The maximum absolute atomic E-state index is 13.3. The fraction of sp³-hybridized carbons (Fsp3) is 0.286. The van der Waals surface area contributed by atoms with Crippen molar-refractivity contribution in [1.29, 1.82) is 0 Å². The normalized spacial score (nSPS) is 21.0. The molecule has 0 radical (unpaired) electrons. The monoisotopic (exact) mass is 439 g/mol. The zero-order valence-electron chi connectivity index (χ0n) is 18.8. The number of amides is 2. The molecule has 3 aromatic carbocycles. The standard InChI is InChI=1S/C28H29N3O2/c1-19-11-13-21(14-12-19)28(33)29-17-15-25(32)31-18-16-23-26(20-7-3-2-4-8-20)30-24-10-6-5-9-22(24)27(23)31/h2-14,23,26-27,30H,15-18H2,1H3,(H,29,33)/t23-,26+,27+/m1/s1. The lowest BCUT2D eigenvalue weighted by atomic mass is 9.80. The van der Waals surface area contributed by atoms with Gasteiger partial charge in [-0.3, -0.25) is 9.59 Å². The molecule has 0 aromatic heterocycles. The van der Waals surface area contributed by atoms with Crippen LogP contribution >= 0.6 is 0 Å². The first-order chi connectivity index (χ1) is 16.1. The van der Waals surface area contributed by atoms with E-state index in [1.54, 1.807) is 0 Å². The zero-order valence-corrected chi connectivity index (χ0v) is 18.8. The maximum Gasteiger partial charge on any atom is 0.251 e. The molecule has 1 fully saturated rings. The van der Waals surface area contributed by atoms with Crippen LogP contribution < -0.4 is 10.6 Å². The molecule has 5 nitrogen and oxygen atoms in total. The van der Waals surface area contributed by atoms with Crippen LogP contribution in [0.15, 0.2) is 78.9 Å². The average Bonchev–Trinajstić information content (AvgIpc) is 3.30. The van der Waals surface area contributed by atoms with Crippen LogP contribution in [0.5, 0.6) is 0 Å². The van der Waals surface area contributed by atoms with Gasteiger partial charge >= 0.3 is 0 Å². The van der Waals surface area contributed by atoms with Crippen LogP contribution in [0.4, 0.5) is 5.69 Å². The minimum absolute atomic E-state index is 0.0490. The lowest BCUT2D eigenvalue weighted by molar-refractivity contribution is -0.132. The third-order valence-corrected chi connectivity index (χ3v) is 6.88. The number of nitrogens with one attached hydrogen (secondary N) is 2. The third kappa shape index (κ3) is 4.23. The Morgan fingerprint density at radius 1 is 0.970 bits per heavy atom. The van der Waals surface area contributed by atoms with Gasteiger partial charge in [0, 0.05) is 36.7 Å². The molecule has 33 heavy (non-hydrogen) atoms. The minimum atomic E-state index is -0.140. The predicted octanol–water partition coefficient (Wildman–Crippen LogP) is 4.87. The van der Waals surface area contributed by atoms with Crippen molar-refractivity contribution >= 4 is 17.5 Å². The van der Waals surface area contributed by atoms with Gasteiger partial charge in [-0.25, -0.2) is 0 Å². The summed E-state index contributed by atoms with van der Waals surface area (Å²) in [6.07, 6.45) is 1.25. The third-order valence-electron chi connectivity index (χ3n) is 6.88. The molecule has 0 bridgehead atoms. The molecule has 5 heteroatoms. The van der Waals surface area contributed by atoms with Crippen molar-refractivity contribution in [2.45, 2.75) is 31.8 Å². The summed E-state index contributed by atoms with van der Waals surface area (Å²) in [4.78, 5) is 27.7. The van der Waals surface area contributed by atoms with Crippen molar-refractivity contribution in [3.05, 3.63) is 101 Å². The molecule has 0 saturated carbocycles. The van der Waals surface area contributed by atoms with E-state index in [0.29, 0.717) is 24.4 Å². The molecule has 3 aromatic rings. The molecule has 2 amide bonds. The van der Waals surface area contributed by atoms with Gasteiger partial charge in [0.05, 0.1) is 12.1 Å². The Morgan fingerprint density at radius 3 is 2.48 bits per heavy atom. The number of nitrogens with zero attached hydrogens (tertiary/aromatic N) is 1. The average molecular weight is 440 g/mol. The van der Waals surface area contributed by atoms with E-state index < -0.39 is 0 Å². The Morgan fingerprint density at radius 2 is 1.70 bits per heavy atom. The Kier molecular flexibility index (Phi) is 5.86. The molecular formula is C28H29N3O2. The van der Waals surface area contributed by atoms with Crippen LogP contribution in [0, 0.1) is 12.8 Å². The lowest BCUT2D eigenvalue weighted by Gasteiger charge is -2.40. The van der Waals surface area contributed by atoms with Crippen molar-refractivity contribution in [2.75, 3.05) is 18.4 Å². The van der Waals surface area contributed by atoms with Gasteiger partial charge in [0.2, 0.25) is 5.91 Å². The highest BCUT2D eigenvalue weighted by molar-refractivity contribution is 5.94. The van der Waals surface area contributed by atoms with Crippen LogP contribution in [-0.2, 0) is 4.79 Å². The number of hydrogen-bond acceptors (Lipinski definition) is 3. The van der Waals surface area contributed by atoms with Gasteiger partial charge in [0.25, 0.3) is 5.91 Å². The Balaban J connectivity index is 1.30. The molecule has 2 N–H and O–H groups in total. The van der Waals surface area contributed by atoms with Gasteiger partial charge in [-0.05, 0) is 42.7 Å². The van der Waals surface area contributed by atoms with Crippen LogP contribution in [-0.4, -0.2) is 29.8 Å². The molecule has 0 aliphatic carbocycles. The number of hydrogen-bond donors (Lipinski definition) is 2. The van der Waals surface area contributed by atoms with Gasteiger partial charge in [-0.15, -0.1) is 0 Å². The summed E-state index contributed by atoms with van der Waals surface area (Å²) in [7, 11) is 0. The molecule has 2 aliphatic heterocycles. The van der Waals surface area contributed by atoms with Crippen molar-refractivity contribution in [3.63, 3.8) is 0 Å². The van der Waals surface area contributed by atoms with Gasteiger partial charge in [0.15, 0.2) is 0 Å². The van der Waals surface area contributed by atoms with E-state index in [9.17, 15) is 9.59 Å². The highest BCUT2D eigenvalue weighted by Gasteiger charge is 2.45. The largest absolute Gasteiger partial charge is 0.378 e. The second kappa shape index (κ2) is 9.10. The number of fused-ring (bicyclic) bond motifs is 3. The smallest absolute Gasteiger partial charge is 0.251 e. The predicted molar refractivity (Wildman–Crippen MR) is 130 cm³/mol. The van der Waals surface area contributed by atoms with E-state index >= 15 is 0 Å². The number of carbonyl (C=O) groups is 2. The van der Waals surface area contributed by atoms with E-state index in [2.05, 4.69) is 47.0 Å². The van der Waals surface area contributed by atoms with Crippen LogP contribution in [0.3, 0.4) is 0 Å². The van der Waals surface area contributed by atoms with Crippen molar-refractivity contribution in [2.24, 2.45) is 5.92 Å². The summed E-state index contributed by atoms with van der Waals surface area (Å²) in [5.41, 5.74) is 5.26. The molecule has 2 heterocycles. The summed E-state index contributed by atoms with van der Waals surface area (Å²) < 4.78 is 0. The highest BCUT2D eigenvalue weighted by atomic mass is 16.2. The van der Waals surface area contributed by atoms with E-state index in [1.807, 2.05) is 54.3 Å². The first-order valence-electron chi connectivity index (χ1n) is 11.7. The van der Waals surface area contributed by atoms with Crippen LogP contribution in [0.2, 0.25) is 0 Å². The SMILES string of the molecule is Cc1ccc(C(=O)NCCC(=O)N2CC[C@@H]3[C@H](c4ccccc4)Nc4ccccc4[C@@H]32)cc1. The van der Waals surface area contributed by atoms with Gasteiger partial charge < -0.3 is 15.5 Å². The quantitative estimate of drug-likeness (QED) is 0.596. The number of benzene rings is 3. The highest BCUT2D eigenvalue weighted by Crippen LogP contribution is 2.51. The Bertz CT molecular complexity index is 1140. The first kappa shape index (κ1) is 21.3. The molecular weight excluding hydrogens is 410 g/mol. The van der Waals surface area contributed by atoms with Crippen molar-refractivity contribution in [3.8, 4) is 0 Å². The van der Waals surface area contributed by atoms with Gasteiger partial charge in [-0.2, -0.15) is 0 Å². The number of anilines is 1. The molecule has 3 atom stereocenters. The topological polar surface area (TPSA) is 61.4 Å². The van der Waals surface area contributed by atoms with Gasteiger partial charge in [-0.1, -0.05) is 66.2 Å². The minimum Gasteiger partial charge on any atom is -0.378 e. The molecule has 1 saturated heterocycles. The van der Waals surface area contributed by atoms with Gasteiger partial charge in [0.1, 0.15) is 0 Å². The molecule has 5 rings (SSSR count). The van der Waals surface area contributed by atoms with Crippen molar-refractivity contribution < 1.29 is 9.59 Å². The zero-order chi connectivity index (χ0) is 22.8. The number of para-hydroxylation sites is 1. The summed E-state index contributed by atoms with van der Waals surface area (Å²) >= 11 is 0. The number of carbonyl (C=O) groups excluding carboxylic acids is 2. The maximum atomic E-state index is 13.3. The summed E-state index contributed by atoms with van der Waals surface area (Å²) in [5.74, 6) is 0.266. The Hall–Kier alpha value is -3.60. The second-order valence-electron chi connectivity index (χ2n) is 8.98. The lowest BCUT2D eigenvalue weighted by Crippen LogP contribution is -2.38. The summed E-state index contributed by atoms with van der Waals surface area (Å²) in [6, 6.07) is 26.5. The fourth-order valence-corrected chi connectivity index (χ4v) is 5.23. The Labute approximate surface area is 194 Å². The van der Waals surface area contributed by atoms with E-state index in [0.717, 1.165) is 24.2 Å². The summed E-state index contributed by atoms with van der Waals surface area (Å²) in [6.45, 7) is 3.06. The molecule has 2 aliphatic rings. The number of likely N-dealkylation sites (tertiary alicyclic amines) is 1. The number of rotatable bonds is 5. The second-order valence-corrected chi connectivity index (χ2v) is 8.98.